The number of esters is 1. The summed E-state index contributed by atoms with van der Waals surface area (Å²) in [5.74, 6) is 0.0801. The van der Waals surface area contributed by atoms with E-state index in [4.69, 9.17) is 4.74 Å². The van der Waals surface area contributed by atoms with Crippen LogP contribution in [0.2, 0.25) is 0 Å². The van der Waals surface area contributed by atoms with Crippen molar-refractivity contribution in [1.29, 1.82) is 0 Å². The molecule has 130 valence electrons. The summed E-state index contributed by atoms with van der Waals surface area (Å²) >= 11 is 3.09. The summed E-state index contributed by atoms with van der Waals surface area (Å²) < 4.78 is 5.42. The Balaban J connectivity index is 1.74. The molecule has 1 aromatic carbocycles. The largest absolute Gasteiger partial charge is 0.449 e. The van der Waals surface area contributed by atoms with Gasteiger partial charge in [0.05, 0.1) is 11.3 Å². The van der Waals surface area contributed by atoms with Gasteiger partial charge in [-0.05, 0) is 37.4 Å². The highest BCUT2D eigenvalue weighted by molar-refractivity contribution is 7.99. The van der Waals surface area contributed by atoms with Crippen LogP contribution in [0, 0.1) is 0 Å². The Kier molecular flexibility index (Phi) is 5.65. The molecule has 1 aliphatic rings. The minimum absolute atomic E-state index is 0.212. The molecule has 0 spiro atoms. The maximum Gasteiger partial charge on any atom is 0.341 e. The summed E-state index contributed by atoms with van der Waals surface area (Å²) in [6.07, 6.45) is 2.61. The summed E-state index contributed by atoms with van der Waals surface area (Å²) in [6.45, 7) is 2.21. The lowest BCUT2D eigenvalue weighted by molar-refractivity contribution is -0.126. The zero-order valence-corrected chi connectivity index (χ0v) is 15.6. The van der Waals surface area contributed by atoms with Gasteiger partial charge >= 0.3 is 5.97 Å². The number of rotatable bonds is 4. The van der Waals surface area contributed by atoms with Gasteiger partial charge in [-0.3, -0.25) is 4.79 Å². The Morgan fingerprint density at radius 2 is 2.08 bits per heavy atom. The summed E-state index contributed by atoms with van der Waals surface area (Å²) in [5.41, 5.74) is 1.25. The van der Waals surface area contributed by atoms with Gasteiger partial charge in [0.1, 0.15) is 5.03 Å². The number of thioether (sulfide) groups is 2. The fraction of sp³-hybridized carbons (Fsp3) is 0.278. The third-order valence-electron chi connectivity index (χ3n) is 3.81. The number of hydrogen-bond acceptors (Lipinski definition) is 6. The standard InChI is InChI=1S/C18H18N2O3S2/c1-12(23-18(22)13-6-5-9-19-16(13)24-2)17(21)20-10-11-25-15-8-4-3-7-14(15)20/h3-9,12H,10-11H2,1-2H3/t12-/m0/s1. The number of amides is 1. The Morgan fingerprint density at radius 3 is 2.88 bits per heavy atom. The predicted molar refractivity (Wildman–Crippen MR) is 100 cm³/mol. The number of anilines is 1. The van der Waals surface area contributed by atoms with Gasteiger partial charge in [0.2, 0.25) is 0 Å². The maximum atomic E-state index is 12.8. The van der Waals surface area contributed by atoms with Crippen LogP contribution < -0.4 is 4.90 Å². The number of hydrogen-bond donors (Lipinski definition) is 0. The van der Waals surface area contributed by atoms with Gasteiger partial charge in [-0.15, -0.1) is 23.5 Å². The van der Waals surface area contributed by atoms with Crippen molar-refractivity contribution in [3.63, 3.8) is 0 Å². The zero-order valence-electron chi connectivity index (χ0n) is 14.0. The van der Waals surface area contributed by atoms with E-state index in [0.29, 0.717) is 17.1 Å². The minimum atomic E-state index is -0.862. The highest BCUT2D eigenvalue weighted by Crippen LogP contribution is 2.34. The van der Waals surface area contributed by atoms with Gasteiger partial charge in [0, 0.05) is 23.4 Å². The molecule has 1 atom stereocenters. The van der Waals surface area contributed by atoms with Crippen LogP contribution in [0.4, 0.5) is 5.69 Å². The molecule has 1 amide bonds. The Labute approximate surface area is 155 Å². The second-order valence-corrected chi connectivity index (χ2v) is 7.35. The fourth-order valence-corrected chi connectivity index (χ4v) is 4.13. The van der Waals surface area contributed by atoms with Crippen LogP contribution in [-0.2, 0) is 9.53 Å². The lowest BCUT2D eigenvalue weighted by Gasteiger charge is -2.30. The first-order valence-corrected chi connectivity index (χ1v) is 10.1. The number of para-hydroxylation sites is 1. The average molecular weight is 374 g/mol. The third kappa shape index (κ3) is 3.82. The van der Waals surface area contributed by atoms with E-state index in [1.807, 2.05) is 30.5 Å². The van der Waals surface area contributed by atoms with Crippen molar-refractivity contribution >= 4 is 41.1 Å². The maximum absolute atomic E-state index is 12.8. The van der Waals surface area contributed by atoms with E-state index in [1.165, 1.54) is 11.8 Å². The number of aromatic nitrogens is 1. The molecule has 0 fully saturated rings. The minimum Gasteiger partial charge on any atom is -0.449 e. The average Bonchev–Trinajstić information content (AvgIpc) is 2.66. The molecule has 1 aliphatic heterocycles. The van der Waals surface area contributed by atoms with Gasteiger partial charge in [0.15, 0.2) is 6.10 Å². The lowest BCUT2D eigenvalue weighted by Crippen LogP contribution is -2.42. The van der Waals surface area contributed by atoms with E-state index < -0.39 is 12.1 Å². The fourth-order valence-electron chi connectivity index (χ4n) is 2.60. The third-order valence-corrected chi connectivity index (χ3v) is 5.57. The van der Waals surface area contributed by atoms with Gasteiger partial charge in [-0.2, -0.15) is 0 Å². The second-order valence-electron chi connectivity index (χ2n) is 5.41. The molecule has 1 aromatic heterocycles. The van der Waals surface area contributed by atoms with Gasteiger partial charge in [0.25, 0.3) is 5.91 Å². The van der Waals surface area contributed by atoms with Crippen molar-refractivity contribution in [3.05, 3.63) is 48.2 Å². The molecule has 0 aliphatic carbocycles. The number of carbonyl (C=O) groups is 2. The second kappa shape index (κ2) is 7.93. The molecule has 0 saturated heterocycles. The van der Waals surface area contributed by atoms with E-state index in [1.54, 1.807) is 41.9 Å². The smallest absolute Gasteiger partial charge is 0.341 e. The molecule has 2 aromatic rings. The van der Waals surface area contributed by atoms with Crippen LogP contribution in [0.15, 0.2) is 52.5 Å². The summed E-state index contributed by atoms with van der Waals surface area (Å²) in [7, 11) is 0. The molecule has 25 heavy (non-hydrogen) atoms. The SMILES string of the molecule is CSc1ncccc1C(=O)O[C@@H](C)C(=O)N1CCSc2ccccc21. The number of pyridine rings is 1. The van der Waals surface area contributed by atoms with E-state index in [0.717, 1.165) is 16.3 Å². The molecular weight excluding hydrogens is 356 g/mol. The molecule has 7 heteroatoms. The van der Waals surface area contributed by atoms with Crippen molar-refractivity contribution in [2.45, 2.75) is 22.9 Å². The van der Waals surface area contributed by atoms with Crippen molar-refractivity contribution in [1.82, 2.24) is 4.98 Å². The number of fused-ring (bicyclic) bond motifs is 1. The quantitative estimate of drug-likeness (QED) is 0.603. The van der Waals surface area contributed by atoms with Crippen molar-refractivity contribution in [2.24, 2.45) is 0 Å². The van der Waals surface area contributed by atoms with Crippen LogP contribution in [0.25, 0.3) is 0 Å². The van der Waals surface area contributed by atoms with Crippen LogP contribution in [-0.4, -0.2) is 41.5 Å². The number of ether oxygens (including phenoxy) is 1. The normalized spacial score (nSPS) is 14.6. The Morgan fingerprint density at radius 1 is 1.28 bits per heavy atom. The highest BCUT2D eigenvalue weighted by atomic mass is 32.2. The molecule has 3 rings (SSSR count). The van der Waals surface area contributed by atoms with E-state index in [-0.39, 0.29) is 5.91 Å². The van der Waals surface area contributed by atoms with Crippen LogP contribution in [0.5, 0.6) is 0 Å². The van der Waals surface area contributed by atoms with E-state index in [9.17, 15) is 9.59 Å². The van der Waals surface area contributed by atoms with E-state index >= 15 is 0 Å². The molecule has 2 heterocycles. The number of benzene rings is 1. The van der Waals surface area contributed by atoms with Gasteiger partial charge in [-0.1, -0.05) is 12.1 Å². The van der Waals surface area contributed by atoms with Crippen molar-refractivity contribution in [2.75, 3.05) is 23.5 Å². The summed E-state index contributed by atoms with van der Waals surface area (Å²) in [6, 6.07) is 11.1. The zero-order chi connectivity index (χ0) is 17.8. The van der Waals surface area contributed by atoms with Gasteiger partial charge < -0.3 is 9.64 Å². The monoisotopic (exact) mass is 374 g/mol. The molecular formula is C18H18N2O3S2. The summed E-state index contributed by atoms with van der Waals surface area (Å²) in [5, 5.41) is 0.590. The first-order chi connectivity index (χ1) is 12.1. The predicted octanol–water partition coefficient (Wildman–Crippen LogP) is 3.49. The lowest BCUT2D eigenvalue weighted by atomic mass is 10.2. The Bertz CT molecular complexity index is 797. The molecule has 0 N–H and O–H groups in total. The topological polar surface area (TPSA) is 59.5 Å². The molecule has 0 bridgehead atoms. The van der Waals surface area contributed by atoms with Gasteiger partial charge in [-0.25, -0.2) is 9.78 Å². The van der Waals surface area contributed by atoms with E-state index in [2.05, 4.69) is 4.98 Å². The number of carbonyl (C=O) groups excluding carboxylic acids is 2. The Hall–Kier alpha value is -1.99. The molecule has 0 saturated carbocycles. The van der Waals surface area contributed by atoms with Crippen LogP contribution in [0.3, 0.4) is 0 Å². The first-order valence-electron chi connectivity index (χ1n) is 7.85. The van der Waals surface area contributed by atoms with Crippen LogP contribution >= 0.6 is 23.5 Å². The first kappa shape index (κ1) is 17.8. The van der Waals surface area contributed by atoms with Crippen molar-refractivity contribution < 1.29 is 14.3 Å². The summed E-state index contributed by atoms with van der Waals surface area (Å²) in [4.78, 5) is 32.1. The van der Waals surface area contributed by atoms with Crippen molar-refractivity contribution in [3.8, 4) is 0 Å². The van der Waals surface area contributed by atoms with Crippen LogP contribution in [0.1, 0.15) is 17.3 Å². The highest BCUT2D eigenvalue weighted by Gasteiger charge is 2.29. The molecule has 5 nitrogen and oxygen atoms in total. The molecule has 0 radical (unpaired) electrons. The number of nitrogens with zero attached hydrogens (tertiary/aromatic N) is 2. The molecule has 0 unspecified atom stereocenters.